The van der Waals surface area contributed by atoms with Crippen molar-refractivity contribution in [2.45, 2.75) is 51.6 Å². The zero-order valence-electron chi connectivity index (χ0n) is 16.2. The van der Waals surface area contributed by atoms with Crippen LogP contribution in [0.1, 0.15) is 72.2 Å². The molecule has 5 nitrogen and oxygen atoms in total. The van der Waals surface area contributed by atoms with Crippen molar-refractivity contribution in [1.82, 2.24) is 10.3 Å². The number of nitrogens with zero attached hydrogens (tertiary/aromatic N) is 2. The molecule has 0 unspecified atom stereocenters. The van der Waals surface area contributed by atoms with Crippen molar-refractivity contribution in [3.63, 3.8) is 0 Å². The monoisotopic (exact) mass is 397 g/mol. The number of carbonyl (C=O) groups excluding carboxylic acids is 2. The normalized spacial score (nSPS) is 20.8. The first-order valence-electron chi connectivity index (χ1n) is 9.83. The predicted molar refractivity (Wildman–Crippen MR) is 110 cm³/mol. The summed E-state index contributed by atoms with van der Waals surface area (Å²) in [4.78, 5) is 31.0. The first-order chi connectivity index (χ1) is 13.5. The lowest BCUT2D eigenvalue weighted by Crippen LogP contribution is -2.32. The van der Waals surface area contributed by atoms with Crippen LogP contribution in [-0.2, 0) is 11.2 Å². The second kappa shape index (κ2) is 7.64. The lowest BCUT2D eigenvalue weighted by Gasteiger charge is -2.32. The SMILES string of the molecule is CC[C@@H]1c2cc(Cl)ccc2C(=O)N1c1cncc2c1CCC[C@@H]2NCC(C)=O. The summed E-state index contributed by atoms with van der Waals surface area (Å²) in [5.74, 6) is 0.122. The summed E-state index contributed by atoms with van der Waals surface area (Å²) in [6.07, 6.45) is 7.36. The van der Waals surface area contributed by atoms with Crippen LogP contribution in [0.15, 0.2) is 30.6 Å². The van der Waals surface area contributed by atoms with E-state index in [1.807, 2.05) is 23.2 Å². The third-order valence-electron chi connectivity index (χ3n) is 5.74. The quantitative estimate of drug-likeness (QED) is 0.812. The molecule has 0 saturated carbocycles. The smallest absolute Gasteiger partial charge is 0.259 e. The maximum atomic E-state index is 13.3. The molecule has 1 amide bonds. The molecule has 28 heavy (non-hydrogen) atoms. The summed E-state index contributed by atoms with van der Waals surface area (Å²) in [6, 6.07) is 5.55. The topological polar surface area (TPSA) is 62.3 Å². The molecule has 146 valence electrons. The molecule has 0 spiro atoms. The fraction of sp³-hybridized carbons (Fsp3) is 0.409. The number of halogens is 1. The Morgan fingerprint density at radius 1 is 1.32 bits per heavy atom. The van der Waals surface area contributed by atoms with Crippen molar-refractivity contribution in [2.24, 2.45) is 0 Å². The highest BCUT2D eigenvalue weighted by molar-refractivity contribution is 6.31. The van der Waals surface area contributed by atoms with E-state index in [9.17, 15) is 9.59 Å². The van der Waals surface area contributed by atoms with Gasteiger partial charge in [0.2, 0.25) is 0 Å². The van der Waals surface area contributed by atoms with E-state index in [1.165, 1.54) is 0 Å². The van der Waals surface area contributed by atoms with Crippen molar-refractivity contribution in [2.75, 3.05) is 11.4 Å². The van der Waals surface area contributed by atoms with Gasteiger partial charge in [-0.05, 0) is 67.5 Å². The molecule has 0 saturated heterocycles. The number of carbonyl (C=O) groups is 2. The van der Waals surface area contributed by atoms with Gasteiger partial charge in [0, 0.05) is 22.8 Å². The first-order valence-corrected chi connectivity index (χ1v) is 10.2. The van der Waals surface area contributed by atoms with Gasteiger partial charge in [0.15, 0.2) is 0 Å². The van der Waals surface area contributed by atoms with Crippen molar-refractivity contribution in [3.05, 3.63) is 57.9 Å². The number of amides is 1. The van der Waals surface area contributed by atoms with E-state index in [4.69, 9.17) is 11.6 Å². The molecule has 1 N–H and O–H groups in total. The molecule has 2 aliphatic rings. The van der Waals surface area contributed by atoms with Gasteiger partial charge in [0.1, 0.15) is 5.78 Å². The maximum Gasteiger partial charge on any atom is 0.259 e. The highest BCUT2D eigenvalue weighted by Gasteiger charge is 2.39. The van der Waals surface area contributed by atoms with Gasteiger partial charge in [-0.25, -0.2) is 0 Å². The number of pyridine rings is 1. The molecule has 0 radical (unpaired) electrons. The zero-order valence-corrected chi connectivity index (χ0v) is 16.9. The molecule has 1 aromatic carbocycles. The van der Waals surface area contributed by atoms with Gasteiger partial charge in [-0.15, -0.1) is 0 Å². The molecule has 1 aromatic heterocycles. The van der Waals surface area contributed by atoms with Crippen LogP contribution in [-0.4, -0.2) is 23.2 Å². The average Bonchev–Trinajstić information content (AvgIpc) is 2.96. The van der Waals surface area contributed by atoms with Crippen LogP contribution in [0.3, 0.4) is 0 Å². The molecule has 1 aliphatic heterocycles. The van der Waals surface area contributed by atoms with Gasteiger partial charge in [-0.3, -0.25) is 19.5 Å². The number of anilines is 1. The summed E-state index contributed by atoms with van der Waals surface area (Å²) < 4.78 is 0. The van der Waals surface area contributed by atoms with E-state index in [0.29, 0.717) is 11.6 Å². The first kappa shape index (κ1) is 19.1. The summed E-state index contributed by atoms with van der Waals surface area (Å²) >= 11 is 6.20. The molecular weight excluding hydrogens is 374 g/mol. The molecule has 6 heteroatoms. The molecule has 0 fully saturated rings. The zero-order chi connectivity index (χ0) is 19.8. The molecule has 4 rings (SSSR count). The minimum Gasteiger partial charge on any atom is -0.303 e. The number of hydrogen-bond donors (Lipinski definition) is 1. The second-order valence-corrected chi connectivity index (χ2v) is 8.02. The van der Waals surface area contributed by atoms with E-state index in [1.54, 1.807) is 19.2 Å². The standard InChI is InChI=1S/C22H24ClN3O2/c1-3-20-17-9-14(23)7-8-16(17)22(28)26(20)21-12-24-11-18-15(21)5-4-6-19(18)25-10-13(2)27/h7-9,11-12,19-20,25H,3-6,10H2,1-2H3/t19-,20+/m0/s1. The summed E-state index contributed by atoms with van der Waals surface area (Å²) in [5, 5.41) is 3.99. The molecule has 2 atom stereocenters. The lowest BCUT2D eigenvalue weighted by atomic mass is 9.87. The fourth-order valence-electron chi connectivity index (χ4n) is 4.48. The maximum absolute atomic E-state index is 13.3. The van der Waals surface area contributed by atoms with Gasteiger partial charge in [-0.1, -0.05) is 18.5 Å². The Morgan fingerprint density at radius 3 is 2.89 bits per heavy atom. The highest BCUT2D eigenvalue weighted by atomic mass is 35.5. The second-order valence-electron chi connectivity index (χ2n) is 7.58. The van der Waals surface area contributed by atoms with Gasteiger partial charge >= 0.3 is 0 Å². The summed E-state index contributed by atoms with van der Waals surface area (Å²) in [7, 11) is 0. The Kier molecular flexibility index (Phi) is 5.21. The molecule has 0 bridgehead atoms. The number of fused-ring (bicyclic) bond motifs is 2. The van der Waals surface area contributed by atoms with Crippen LogP contribution < -0.4 is 10.2 Å². The molecule has 2 heterocycles. The van der Waals surface area contributed by atoms with Crippen molar-refractivity contribution >= 4 is 29.0 Å². The largest absolute Gasteiger partial charge is 0.303 e. The van der Waals surface area contributed by atoms with Crippen LogP contribution in [0.4, 0.5) is 5.69 Å². The van der Waals surface area contributed by atoms with Gasteiger partial charge in [-0.2, -0.15) is 0 Å². The predicted octanol–water partition coefficient (Wildman–Crippen LogP) is 4.40. The number of ketones is 1. The van der Waals surface area contributed by atoms with Crippen molar-refractivity contribution in [1.29, 1.82) is 0 Å². The van der Waals surface area contributed by atoms with E-state index in [2.05, 4.69) is 17.2 Å². The van der Waals surface area contributed by atoms with E-state index >= 15 is 0 Å². The average molecular weight is 398 g/mol. The van der Waals surface area contributed by atoms with Gasteiger partial charge in [0.25, 0.3) is 5.91 Å². The van der Waals surface area contributed by atoms with E-state index in [0.717, 1.165) is 53.6 Å². The molecule has 2 aromatic rings. The number of rotatable bonds is 5. The van der Waals surface area contributed by atoms with Crippen LogP contribution in [0.25, 0.3) is 0 Å². The van der Waals surface area contributed by atoms with Crippen molar-refractivity contribution < 1.29 is 9.59 Å². The lowest BCUT2D eigenvalue weighted by molar-refractivity contribution is -0.116. The summed E-state index contributed by atoms with van der Waals surface area (Å²) in [6.45, 7) is 4.02. The molecular formula is C22H24ClN3O2. The van der Waals surface area contributed by atoms with Crippen LogP contribution in [0, 0.1) is 0 Å². The number of hydrogen-bond acceptors (Lipinski definition) is 4. The molecule has 1 aliphatic carbocycles. The minimum atomic E-state index is -0.0416. The van der Waals surface area contributed by atoms with Gasteiger partial charge < -0.3 is 5.32 Å². The van der Waals surface area contributed by atoms with E-state index < -0.39 is 0 Å². The van der Waals surface area contributed by atoms with Crippen LogP contribution in [0.5, 0.6) is 0 Å². The minimum absolute atomic E-state index is 0.00698. The third kappa shape index (κ3) is 3.23. The highest BCUT2D eigenvalue weighted by Crippen LogP contribution is 2.44. The van der Waals surface area contributed by atoms with Crippen LogP contribution in [0.2, 0.25) is 5.02 Å². The Bertz CT molecular complexity index is 943. The number of benzene rings is 1. The Labute approximate surface area is 170 Å². The van der Waals surface area contributed by atoms with Gasteiger partial charge in [0.05, 0.1) is 24.5 Å². The van der Waals surface area contributed by atoms with Crippen LogP contribution >= 0.6 is 11.6 Å². The summed E-state index contributed by atoms with van der Waals surface area (Å²) in [5.41, 5.74) is 4.85. The Balaban J connectivity index is 1.75. The van der Waals surface area contributed by atoms with Crippen molar-refractivity contribution in [3.8, 4) is 0 Å². The Hall–Kier alpha value is -2.24. The fourth-order valence-corrected chi connectivity index (χ4v) is 4.66. The number of aromatic nitrogens is 1. The number of Topliss-reactive ketones (excluding diaryl/α,β-unsaturated/α-hetero) is 1. The Morgan fingerprint density at radius 2 is 2.14 bits per heavy atom. The number of nitrogens with one attached hydrogen (secondary N) is 1. The van der Waals surface area contributed by atoms with E-state index in [-0.39, 0.29) is 23.8 Å². The third-order valence-corrected chi connectivity index (χ3v) is 5.98.